The molecule has 0 bridgehead atoms. The minimum Gasteiger partial charge on any atom is -0.465 e. The normalized spacial score (nSPS) is 24.4. The zero-order valence-corrected chi connectivity index (χ0v) is 11.5. The molecule has 2 aliphatic heterocycles. The summed E-state index contributed by atoms with van der Waals surface area (Å²) in [4.78, 5) is 27.2. The summed E-state index contributed by atoms with van der Waals surface area (Å²) < 4.78 is 36.9. The third kappa shape index (κ3) is 3.99. The van der Waals surface area contributed by atoms with Crippen LogP contribution in [0.4, 0.5) is 18.0 Å². The van der Waals surface area contributed by atoms with E-state index in [1.807, 2.05) is 0 Å². The van der Waals surface area contributed by atoms with Crippen molar-refractivity contribution >= 4 is 12.0 Å². The van der Waals surface area contributed by atoms with Crippen LogP contribution in [0.5, 0.6) is 0 Å². The second-order valence-corrected chi connectivity index (χ2v) is 5.35. The summed E-state index contributed by atoms with van der Waals surface area (Å²) in [6.45, 7) is 0.0906. The van der Waals surface area contributed by atoms with E-state index in [4.69, 9.17) is 5.11 Å². The first-order chi connectivity index (χ1) is 9.78. The van der Waals surface area contributed by atoms with Gasteiger partial charge < -0.3 is 10.0 Å². The Morgan fingerprint density at radius 2 is 1.71 bits per heavy atom. The van der Waals surface area contributed by atoms with E-state index >= 15 is 0 Å². The Morgan fingerprint density at radius 1 is 1.10 bits per heavy atom. The second-order valence-electron chi connectivity index (χ2n) is 5.35. The maximum Gasteiger partial charge on any atom is 0.407 e. The number of halogens is 3. The number of hydrogen-bond donors (Lipinski definition) is 1. The number of rotatable bonds is 2. The highest BCUT2D eigenvalue weighted by molar-refractivity contribution is 5.86. The molecule has 2 aliphatic rings. The molecule has 0 aliphatic carbocycles. The van der Waals surface area contributed by atoms with Crippen LogP contribution in [0.2, 0.25) is 0 Å². The van der Waals surface area contributed by atoms with Gasteiger partial charge in [-0.15, -0.1) is 0 Å². The summed E-state index contributed by atoms with van der Waals surface area (Å²) >= 11 is 0. The summed E-state index contributed by atoms with van der Waals surface area (Å²) in [5.74, 6) is -0.290. The van der Waals surface area contributed by atoms with Gasteiger partial charge in [-0.1, -0.05) is 0 Å². The Kier molecular flexibility index (Phi) is 4.60. The summed E-state index contributed by atoms with van der Waals surface area (Å²) in [5, 5.41) is 9.02. The standard InChI is InChI=1S/C12H18F3N3O3/c13-12(14,15)8-16-4-6-17(7-5-16)10(19)9-2-1-3-18(9)11(20)21/h9H,1-8H2,(H,20,21)/t9-/m0/s1. The maximum absolute atomic E-state index is 12.3. The number of carboxylic acid groups (broad SMARTS) is 1. The minimum absolute atomic E-state index is 0.158. The summed E-state index contributed by atoms with van der Waals surface area (Å²) in [5.41, 5.74) is 0. The molecule has 0 spiro atoms. The van der Waals surface area contributed by atoms with Gasteiger partial charge in [0.05, 0.1) is 6.54 Å². The van der Waals surface area contributed by atoms with Gasteiger partial charge in [0.1, 0.15) is 6.04 Å². The van der Waals surface area contributed by atoms with E-state index in [1.54, 1.807) is 0 Å². The molecule has 0 saturated carbocycles. The Labute approximate surface area is 120 Å². The van der Waals surface area contributed by atoms with Crippen LogP contribution in [0.1, 0.15) is 12.8 Å². The molecular formula is C12H18F3N3O3. The van der Waals surface area contributed by atoms with Crippen molar-refractivity contribution in [1.29, 1.82) is 0 Å². The number of likely N-dealkylation sites (tertiary alicyclic amines) is 1. The average Bonchev–Trinajstić information content (AvgIpc) is 2.86. The Bertz CT molecular complexity index is 408. The fraction of sp³-hybridized carbons (Fsp3) is 0.833. The Hall–Kier alpha value is -1.51. The molecule has 1 atom stereocenters. The minimum atomic E-state index is -4.24. The largest absolute Gasteiger partial charge is 0.465 e. The van der Waals surface area contributed by atoms with Crippen molar-refractivity contribution < 1.29 is 27.9 Å². The molecule has 9 heteroatoms. The summed E-state index contributed by atoms with van der Waals surface area (Å²) in [7, 11) is 0. The van der Waals surface area contributed by atoms with Gasteiger partial charge in [0.25, 0.3) is 0 Å². The van der Waals surface area contributed by atoms with Crippen LogP contribution in [0, 0.1) is 0 Å². The lowest BCUT2D eigenvalue weighted by atomic mass is 10.1. The van der Waals surface area contributed by atoms with Crippen LogP contribution in [-0.2, 0) is 4.79 Å². The topological polar surface area (TPSA) is 64.1 Å². The molecule has 2 rings (SSSR count). The highest BCUT2D eigenvalue weighted by atomic mass is 19.4. The number of nitrogens with zero attached hydrogens (tertiary/aromatic N) is 3. The number of carbonyl (C=O) groups is 2. The van der Waals surface area contributed by atoms with E-state index in [2.05, 4.69) is 0 Å². The molecule has 0 aromatic carbocycles. The molecule has 6 nitrogen and oxygen atoms in total. The van der Waals surface area contributed by atoms with Crippen LogP contribution in [0.25, 0.3) is 0 Å². The molecule has 0 aromatic heterocycles. The molecule has 2 fully saturated rings. The van der Waals surface area contributed by atoms with Gasteiger partial charge in [-0.05, 0) is 12.8 Å². The molecule has 1 N–H and O–H groups in total. The molecule has 120 valence electrons. The number of piperazine rings is 1. The van der Waals surface area contributed by atoms with Gasteiger partial charge in [-0.3, -0.25) is 14.6 Å². The zero-order chi connectivity index (χ0) is 15.6. The van der Waals surface area contributed by atoms with Crippen molar-refractivity contribution in [3.8, 4) is 0 Å². The van der Waals surface area contributed by atoms with Gasteiger partial charge in [-0.25, -0.2) is 4.79 Å². The SMILES string of the molecule is O=C([C@@H]1CCCN1C(=O)O)N1CCN(CC(F)(F)F)CC1. The molecule has 2 saturated heterocycles. The van der Waals surface area contributed by atoms with Crippen LogP contribution in [-0.4, -0.2) is 83.3 Å². The number of alkyl halides is 3. The molecule has 2 heterocycles. The van der Waals surface area contributed by atoms with E-state index in [-0.39, 0.29) is 32.1 Å². The lowest BCUT2D eigenvalue weighted by Crippen LogP contribution is -2.55. The molecule has 0 aromatic rings. The average molecular weight is 309 g/mol. The van der Waals surface area contributed by atoms with E-state index < -0.39 is 24.9 Å². The predicted molar refractivity (Wildman–Crippen MR) is 66.8 cm³/mol. The first kappa shape index (κ1) is 15.9. The van der Waals surface area contributed by atoms with Crippen LogP contribution in [0.15, 0.2) is 0 Å². The third-order valence-corrected chi connectivity index (χ3v) is 3.87. The van der Waals surface area contributed by atoms with Crippen molar-refractivity contribution in [2.45, 2.75) is 25.1 Å². The second kappa shape index (κ2) is 6.08. The van der Waals surface area contributed by atoms with Crippen LogP contribution >= 0.6 is 0 Å². The van der Waals surface area contributed by atoms with Crippen molar-refractivity contribution in [2.24, 2.45) is 0 Å². The van der Waals surface area contributed by atoms with Gasteiger partial charge in [-0.2, -0.15) is 13.2 Å². The van der Waals surface area contributed by atoms with Gasteiger partial charge >= 0.3 is 12.3 Å². The van der Waals surface area contributed by atoms with Crippen molar-refractivity contribution in [3.63, 3.8) is 0 Å². The van der Waals surface area contributed by atoms with E-state index in [9.17, 15) is 22.8 Å². The predicted octanol–water partition coefficient (Wildman–Crippen LogP) is 0.835. The van der Waals surface area contributed by atoms with E-state index in [0.29, 0.717) is 19.4 Å². The number of hydrogen-bond acceptors (Lipinski definition) is 3. The summed E-state index contributed by atoms with van der Waals surface area (Å²) in [6.07, 6.45) is -4.25. The van der Waals surface area contributed by atoms with E-state index in [0.717, 1.165) is 4.90 Å². The highest BCUT2D eigenvalue weighted by Gasteiger charge is 2.38. The third-order valence-electron chi connectivity index (χ3n) is 3.87. The number of amides is 2. The van der Waals surface area contributed by atoms with Crippen molar-refractivity contribution in [3.05, 3.63) is 0 Å². The Morgan fingerprint density at radius 3 is 2.24 bits per heavy atom. The van der Waals surface area contributed by atoms with Crippen LogP contribution in [0.3, 0.4) is 0 Å². The zero-order valence-electron chi connectivity index (χ0n) is 11.5. The molecular weight excluding hydrogens is 291 g/mol. The number of carbonyl (C=O) groups excluding carboxylic acids is 1. The smallest absolute Gasteiger partial charge is 0.407 e. The first-order valence-corrected chi connectivity index (χ1v) is 6.85. The first-order valence-electron chi connectivity index (χ1n) is 6.85. The van der Waals surface area contributed by atoms with Gasteiger partial charge in [0, 0.05) is 32.7 Å². The molecule has 0 radical (unpaired) electrons. The molecule has 0 unspecified atom stereocenters. The van der Waals surface area contributed by atoms with E-state index in [1.165, 1.54) is 9.80 Å². The fourth-order valence-corrected chi connectivity index (χ4v) is 2.84. The molecule has 21 heavy (non-hydrogen) atoms. The summed E-state index contributed by atoms with van der Waals surface area (Å²) in [6, 6.07) is -0.684. The monoisotopic (exact) mass is 309 g/mol. The highest BCUT2D eigenvalue weighted by Crippen LogP contribution is 2.21. The van der Waals surface area contributed by atoms with Gasteiger partial charge in [0.15, 0.2) is 0 Å². The van der Waals surface area contributed by atoms with Crippen molar-refractivity contribution in [1.82, 2.24) is 14.7 Å². The fourth-order valence-electron chi connectivity index (χ4n) is 2.84. The van der Waals surface area contributed by atoms with Crippen LogP contribution < -0.4 is 0 Å². The Balaban J connectivity index is 1.87. The lowest BCUT2D eigenvalue weighted by molar-refractivity contribution is -0.152. The van der Waals surface area contributed by atoms with Gasteiger partial charge in [0.2, 0.25) is 5.91 Å². The lowest BCUT2D eigenvalue weighted by Gasteiger charge is -2.37. The molecule has 2 amide bonds. The quantitative estimate of drug-likeness (QED) is 0.821. The maximum atomic E-state index is 12.3. The van der Waals surface area contributed by atoms with Crippen molar-refractivity contribution in [2.75, 3.05) is 39.3 Å².